The highest BCUT2D eigenvalue weighted by atomic mass is 16.1. The molecule has 2 aliphatic rings. The molecule has 2 aliphatic heterocycles. The Kier molecular flexibility index (Phi) is 4.04. The third-order valence-electron chi connectivity index (χ3n) is 7.21. The van der Waals surface area contributed by atoms with Crippen molar-refractivity contribution in [2.75, 3.05) is 18.0 Å². The van der Waals surface area contributed by atoms with E-state index < -0.39 is 5.91 Å². The number of piperazine rings is 1. The lowest BCUT2D eigenvalue weighted by Gasteiger charge is -2.57. The fraction of sp³-hybridized carbons (Fsp3) is 0.148. The summed E-state index contributed by atoms with van der Waals surface area (Å²) in [4.78, 5) is 19.1. The molecule has 4 heterocycles. The second kappa shape index (κ2) is 7.13. The third-order valence-corrected chi connectivity index (χ3v) is 7.21. The molecule has 3 aromatic carbocycles. The molecule has 2 atom stereocenters. The Balaban J connectivity index is 1.25. The molecule has 0 radical (unpaired) electrons. The average Bonchev–Trinajstić information content (AvgIpc) is 3.28. The van der Waals surface area contributed by atoms with Crippen LogP contribution in [-0.4, -0.2) is 45.7 Å². The molecule has 0 bridgehead atoms. The van der Waals surface area contributed by atoms with E-state index in [1.807, 2.05) is 53.4 Å². The first-order chi connectivity index (χ1) is 16.7. The minimum Gasteiger partial charge on any atom is -0.366 e. The maximum Gasteiger partial charge on any atom is 0.249 e. The number of nitrogens with two attached hydrogens (primary N) is 1. The lowest BCUT2D eigenvalue weighted by molar-refractivity contribution is 0.100. The summed E-state index contributed by atoms with van der Waals surface area (Å²) in [5, 5.41) is 9.81. The smallest absolute Gasteiger partial charge is 0.249 e. The van der Waals surface area contributed by atoms with Gasteiger partial charge in [-0.2, -0.15) is 5.10 Å². The summed E-state index contributed by atoms with van der Waals surface area (Å²) in [7, 11) is 0. The maximum absolute atomic E-state index is 11.9. The number of aromatic nitrogens is 3. The quantitative estimate of drug-likeness (QED) is 0.441. The van der Waals surface area contributed by atoms with E-state index in [1.54, 1.807) is 6.07 Å². The van der Waals surface area contributed by atoms with Crippen LogP contribution in [0.3, 0.4) is 0 Å². The van der Waals surface area contributed by atoms with Crippen molar-refractivity contribution in [3.05, 3.63) is 84.8 Å². The van der Waals surface area contributed by atoms with Crippen LogP contribution in [0.5, 0.6) is 0 Å². The fourth-order valence-electron chi connectivity index (χ4n) is 5.23. The standard InChI is InChI=1S/C27H22N6O/c28-26(34)22-6-2-3-19-20(22)4-1-5-21(19)23-12-31-33-14-17(11-30-27(23)33)16-7-9-18(10-8-16)32-15-24-25(32)13-29-24/h1-12,14,24-25,29H,13,15H2,(H2,28,34). The SMILES string of the molecule is NC(=O)c1cccc2c(-c3cnn4cc(-c5ccc(N6CC7NCC76)cc5)cnc34)cccc12. The number of amides is 1. The van der Waals surface area contributed by atoms with Crippen LogP contribution in [0.2, 0.25) is 0 Å². The number of carbonyl (C=O) groups is 1. The Hall–Kier alpha value is -4.23. The number of fused-ring (bicyclic) bond motifs is 3. The van der Waals surface area contributed by atoms with Crippen molar-refractivity contribution in [2.45, 2.75) is 12.1 Å². The number of anilines is 1. The second-order valence-corrected chi connectivity index (χ2v) is 9.02. The zero-order valence-electron chi connectivity index (χ0n) is 18.3. The van der Waals surface area contributed by atoms with Crippen LogP contribution < -0.4 is 16.0 Å². The van der Waals surface area contributed by atoms with Gasteiger partial charge >= 0.3 is 0 Å². The molecule has 2 aromatic heterocycles. The summed E-state index contributed by atoms with van der Waals surface area (Å²) in [6.45, 7) is 2.16. The van der Waals surface area contributed by atoms with E-state index in [1.165, 1.54) is 5.69 Å². The van der Waals surface area contributed by atoms with Gasteiger partial charge in [0.2, 0.25) is 5.91 Å². The zero-order chi connectivity index (χ0) is 22.8. The molecule has 166 valence electrons. The third kappa shape index (κ3) is 2.77. The monoisotopic (exact) mass is 446 g/mol. The molecule has 2 unspecified atom stereocenters. The number of hydrogen-bond donors (Lipinski definition) is 2. The predicted molar refractivity (Wildman–Crippen MR) is 133 cm³/mol. The fourth-order valence-corrected chi connectivity index (χ4v) is 5.23. The van der Waals surface area contributed by atoms with Crippen LogP contribution >= 0.6 is 0 Å². The van der Waals surface area contributed by atoms with Crippen molar-refractivity contribution in [3.63, 3.8) is 0 Å². The molecular formula is C27H22N6O. The van der Waals surface area contributed by atoms with E-state index >= 15 is 0 Å². The normalized spacial score (nSPS) is 19.0. The van der Waals surface area contributed by atoms with Crippen molar-refractivity contribution >= 4 is 28.0 Å². The van der Waals surface area contributed by atoms with Crippen molar-refractivity contribution in [2.24, 2.45) is 5.73 Å². The van der Waals surface area contributed by atoms with E-state index in [0.717, 1.165) is 51.8 Å². The molecule has 5 aromatic rings. The lowest BCUT2D eigenvalue weighted by atomic mass is 9.88. The highest BCUT2D eigenvalue weighted by Crippen LogP contribution is 2.34. The Labute approximate surface area is 195 Å². The Bertz CT molecular complexity index is 1590. The number of nitrogens with one attached hydrogen (secondary N) is 1. The van der Waals surface area contributed by atoms with Gasteiger partial charge in [0.1, 0.15) is 0 Å². The van der Waals surface area contributed by atoms with Gasteiger partial charge < -0.3 is 16.0 Å². The van der Waals surface area contributed by atoms with Crippen LogP contribution in [0.25, 0.3) is 38.7 Å². The van der Waals surface area contributed by atoms with Crippen LogP contribution in [0.4, 0.5) is 5.69 Å². The van der Waals surface area contributed by atoms with Gasteiger partial charge in [-0.15, -0.1) is 0 Å². The lowest BCUT2D eigenvalue weighted by Crippen LogP contribution is -2.78. The van der Waals surface area contributed by atoms with Crippen molar-refractivity contribution in [3.8, 4) is 22.3 Å². The molecule has 0 spiro atoms. The molecule has 1 amide bonds. The van der Waals surface area contributed by atoms with Gasteiger partial charge in [-0.1, -0.05) is 42.5 Å². The van der Waals surface area contributed by atoms with Crippen molar-refractivity contribution < 1.29 is 4.79 Å². The molecule has 2 fully saturated rings. The summed E-state index contributed by atoms with van der Waals surface area (Å²) in [5.41, 5.74) is 12.1. The van der Waals surface area contributed by atoms with E-state index in [0.29, 0.717) is 17.6 Å². The molecule has 3 N–H and O–H groups in total. The molecule has 2 saturated heterocycles. The summed E-state index contributed by atoms with van der Waals surface area (Å²) in [5.74, 6) is -0.435. The summed E-state index contributed by atoms with van der Waals surface area (Å²) in [6.07, 6.45) is 5.73. The Morgan fingerprint density at radius 3 is 2.50 bits per heavy atom. The topological polar surface area (TPSA) is 88.5 Å². The van der Waals surface area contributed by atoms with Gasteiger partial charge in [0.25, 0.3) is 0 Å². The molecule has 7 nitrogen and oxygen atoms in total. The largest absolute Gasteiger partial charge is 0.366 e. The van der Waals surface area contributed by atoms with E-state index in [-0.39, 0.29) is 0 Å². The highest BCUT2D eigenvalue weighted by molar-refractivity contribution is 6.10. The maximum atomic E-state index is 11.9. The first kappa shape index (κ1) is 19.3. The van der Waals surface area contributed by atoms with Crippen LogP contribution in [0.1, 0.15) is 10.4 Å². The molecular weight excluding hydrogens is 424 g/mol. The first-order valence-corrected chi connectivity index (χ1v) is 11.4. The molecule has 7 heteroatoms. The highest BCUT2D eigenvalue weighted by Gasteiger charge is 2.45. The molecule has 0 saturated carbocycles. The Morgan fingerprint density at radius 1 is 0.941 bits per heavy atom. The number of primary amides is 1. The van der Waals surface area contributed by atoms with Gasteiger partial charge in [0, 0.05) is 53.9 Å². The second-order valence-electron chi connectivity index (χ2n) is 9.02. The van der Waals surface area contributed by atoms with Gasteiger partial charge in [-0.05, 0) is 40.1 Å². The minimum atomic E-state index is -0.435. The number of hydrogen-bond acceptors (Lipinski definition) is 5. The average molecular weight is 447 g/mol. The van der Waals surface area contributed by atoms with Gasteiger partial charge in [0.05, 0.1) is 12.2 Å². The number of carbonyl (C=O) groups excluding carboxylic acids is 1. The number of benzene rings is 3. The summed E-state index contributed by atoms with van der Waals surface area (Å²) < 4.78 is 1.81. The molecule has 0 aliphatic carbocycles. The number of rotatable bonds is 4. The van der Waals surface area contributed by atoms with Crippen LogP contribution in [-0.2, 0) is 0 Å². The first-order valence-electron chi connectivity index (χ1n) is 11.4. The van der Waals surface area contributed by atoms with Crippen LogP contribution in [0.15, 0.2) is 79.3 Å². The van der Waals surface area contributed by atoms with Gasteiger partial charge in [-0.25, -0.2) is 9.50 Å². The van der Waals surface area contributed by atoms with Gasteiger partial charge in [-0.3, -0.25) is 4.79 Å². The van der Waals surface area contributed by atoms with E-state index in [2.05, 4.69) is 39.6 Å². The van der Waals surface area contributed by atoms with Gasteiger partial charge in [0.15, 0.2) is 5.65 Å². The van der Waals surface area contributed by atoms with E-state index in [4.69, 9.17) is 10.7 Å². The molecule has 7 rings (SSSR count). The summed E-state index contributed by atoms with van der Waals surface area (Å²) >= 11 is 0. The summed E-state index contributed by atoms with van der Waals surface area (Å²) in [6, 6.07) is 21.5. The predicted octanol–water partition coefficient (Wildman–Crippen LogP) is 3.48. The van der Waals surface area contributed by atoms with Crippen molar-refractivity contribution in [1.29, 1.82) is 0 Å². The number of nitrogens with zero attached hydrogens (tertiary/aromatic N) is 4. The Morgan fingerprint density at radius 2 is 1.76 bits per heavy atom. The molecule has 34 heavy (non-hydrogen) atoms. The minimum absolute atomic E-state index is 0.435. The zero-order valence-corrected chi connectivity index (χ0v) is 18.3. The van der Waals surface area contributed by atoms with Crippen molar-refractivity contribution in [1.82, 2.24) is 19.9 Å². The van der Waals surface area contributed by atoms with E-state index in [9.17, 15) is 4.79 Å². The van der Waals surface area contributed by atoms with Crippen LogP contribution in [0, 0.1) is 0 Å².